The smallest absolute Gasteiger partial charge is 0.241 e. The van der Waals surface area contributed by atoms with E-state index < -0.39 is 6.04 Å². The minimum atomic E-state index is -0.669. The summed E-state index contributed by atoms with van der Waals surface area (Å²) in [5.74, 6) is 0.742. The van der Waals surface area contributed by atoms with E-state index in [-0.39, 0.29) is 12.0 Å². The molecule has 0 aliphatic carbocycles. The lowest BCUT2D eigenvalue weighted by Gasteiger charge is -2.32. The number of aryl methyl sites for hydroxylation is 1. The van der Waals surface area contributed by atoms with Crippen molar-refractivity contribution in [3.8, 4) is 0 Å². The number of rotatable bonds is 5. The van der Waals surface area contributed by atoms with Crippen LogP contribution < -0.4 is 16.0 Å². The molecule has 0 bridgehead atoms. The maximum absolute atomic E-state index is 12.3. The third kappa shape index (κ3) is 4.59. The SMILES string of the molecule is Cc1ccc(C(N)C(=O)NCc2ccc(N3CCOC(C)C3)nc2)cc1. The van der Waals surface area contributed by atoms with Gasteiger partial charge in [-0.1, -0.05) is 35.9 Å². The van der Waals surface area contributed by atoms with E-state index in [9.17, 15) is 4.79 Å². The molecule has 1 aromatic heterocycles. The average Bonchev–Trinajstić information content (AvgIpc) is 2.66. The molecule has 138 valence electrons. The van der Waals surface area contributed by atoms with E-state index in [1.807, 2.05) is 43.3 Å². The van der Waals surface area contributed by atoms with E-state index in [1.165, 1.54) is 0 Å². The van der Waals surface area contributed by atoms with Crippen LogP contribution >= 0.6 is 0 Å². The Morgan fingerprint density at radius 1 is 1.35 bits per heavy atom. The third-order valence-electron chi connectivity index (χ3n) is 4.56. The number of hydrogen-bond acceptors (Lipinski definition) is 5. The van der Waals surface area contributed by atoms with Crippen molar-refractivity contribution >= 4 is 11.7 Å². The molecular weight excluding hydrogens is 328 g/mol. The summed E-state index contributed by atoms with van der Waals surface area (Å²) in [5, 5.41) is 2.88. The highest BCUT2D eigenvalue weighted by molar-refractivity contribution is 5.82. The lowest BCUT2D eigenvalue weighted by atomic mass is 10.1. The molecule has 1 aromatic carbocycles. The normalized spacial score (nSPS) is 18.4. The number of carbonyl (C=O) groups is 1. The Morgan fingerprint density at radius 3 is 2.77 bits per heavy atom. The summed E-state index contributed by atoms with van der Waals surface area (Å²) >= 11 is 0. The molecule has 26 heavy (non-hydrogen) atoms. The quantitative estimate of drug-likeness (QED) is 0.858. The van der Waals surface area contributed by atoms with E-state index in [1.54, 1.807) is 6.20 Å². The van der Waals surface area contributed by atoms with Gasteiger partial charge in [-0.15, -0.1) is 0 Å². The molecule has 2 heterocycles. The second kappa shape index (κ2) is 8.29. The van der Waals surface area contributed by atoms with E-state index in [2.05, 4.69) is 22.1 Å². The van der Waals surface area contributed by atoms with Crippen LogP contribution in [0.2, 0.25) is 0 Å². The highest BCUT2D eigenvalue weighted by atomic mass is 16.5. The molecule has 1 fully saturated rings. The molecule has 3 N–H and O–H groups in total. The summed E-state index contributed by atoms with van der Waals surface area (Å²) in [5.41, 5.74) is 8.93. The lowest BCUT2D eigenvalue weighted by Crippen LogP contribution is -2.41. The Morgan fingerprint density at radius 2 is 2.12 bits per heavy atom. The van der Waals surface area contributed by atoms with E-state index in [0.717, 1.165) is 42.2 Å². The van der Waals surface area contributed by atoms with E-state index in [4.69, 9.17) is 10.5 Å². The van der Waals surface area contributed by atoms with Crippen molar-refractivity contribution in [1.82, 2.24) is 10.3 Å². The molecule has 0 saturated carbocycles. The maximum atomic E-state index is 12.3. The first-order valence-corrected chi connectivity index (χ1v) is 8.94. The zero-order valence-electron chi connectivity index (χ0n) is 15.3. The summed E-state index contributed by atoms with van der Waals surface area (Å²) in [6.45, 7) is 6.88. The van der Waals surface area contributed by atoms with Crippen molar-refractivity contribution < 1.29 is 9.53 Å². The second-order valence-electron chi connectivity index (χ2n) is 6.76. The summed E-state index contributed by atoms with van der Waals surface area (Å²) in [6, 6.07) is 11.0. The second-order valence-corrected chi connectivity index (χ2v) is 6.76. The molecule has 3 rings (SSSR count). The number of aromatic nitrogens is 1. The minimum Gasteiger partial charge on any atom is -0.375 e. The van der Waals surface area contributed by atoms with Crippen LogP contribution in [0, 0.1) is 6.92 Å². The van der Waals surface area contributed by atoms with Gasteiger partial charge in [-0.3, -0.25) is 4.79 Å². The molecule has 0 spiro atoms. The minimum absolute atomic E-state index is 0.195. The van der Waals surface area contributed by atoms with Crippen molar-refractivity contribution in [2.45, 2.75) is 32.5 Å². The van der Waals surface area contributed by atoms with Crippen molar-refractivity contribution in [1.29, 1.82) is 0 Å². The van der Waals surface area contributed by atoms with Crippen molar-refractivity contribution in [2.75, 3.05) is 24.6 Å². The highest BCUT2D eigenvalue weighted by Gasteiger charge is 2.18. The fourth-order valence-electron chi connectivity index (χ4n) is 2.96. The van der Waals surface area contributed by atoms with Gasteiger partial charge in [-0.05, 0) is 31.0 Å². The number of anilines is 1. The van der Waals surface area contributed by atoms with Crippen LogP contribution in [0.25, 0.3) is 0 Å². The number of benzene rings is 1. The Balaban J connectivity index is 1.54. The van der Waals surface area contributed by atoms with Crippen molar-refractivity contribution in [3.63, 3.8) is 0 Å². The molecule has 2 unspecified atom stereocenters. The predicted molar refractivity (Wildman–Crippen MR) is 102 cm³/mol. The van der Waals surface area contributed by atoms with Gasteiger partial charge in [-0.2, -0.15) is 0 Å². The standard InChI is InChI=1S/C20H26N4O2/c1-14-3-6-17(7-4-14)19(21)20(25)23-12-16-5-8-18(22-11-16)24-9-10-26-15(2)13-24/h3-8,11,15,19H,9-10,12-13,21H2,1-2H3,(H,23,25). The van der Waals surface area contributed by atoms with Gasteiger partial charge >= 0.3 is 0 Å². The zero-order chi connectivity index (χ0) is 18.5. The van der Waals surface area contributed by atoms with Gasteiger partial charge < -0.3 is 20.7 Å². The number of ether oxygens (including phenoxy) is 1. The summed E-state index contributed by atoms with van der Waals surface area (Å²) in [7, 11) is 0. The molecule has 1 saturated heterocycles. The van der Waals surface area contributed by atoms with Crippen molar-refractivity contribution in [2.24, 2.45) is 5.73 Å². The maximum Gasteiger partial charge on any atom is 0.241 e. The first kappa shape index (κ1) is 18.4. The molecular formula is C20H26N4O2. The molecule has 6 nitrogen and oxygen atoms in total. The number of morpholine rings is 1. The summed E-state index contributed by atoms with van der Waals surface area (Å²) in [6.07, 6.45) is 2.01. The molecule has 6 heteroatoms. The van der Waals surface area contributed by atoms with Crippen LogP contribution in [0.4, 0.5) is 5.82 Å². The Kier molecular flexibility index (Phi) is 5.85. The monoisotopic (exact) mass is 354 g/mol. The van der Waals surface area contributed by atoms with Crippen LogP contribution in [0.3, 0.4) is 0 Å². The number of hydrogen-bond donors (Lipinski definition) is 2. The number of carbonyl (C=O) groups excluding carboxylic acids is 1. The number of nitrogens with two attached hydrogens (primary N) is 1. The summed E-state index contributed by atoms with van der Waals surface area (Å²) in [4.78, 5) is 19.0. The number of amides is 1. The lowest BCUT2D eigenvalue weighted by molar-refractivity contribution is -0.122. The fourth-order valence-corrected chi connectivity index (χ4v) is 2.96. The molecule has 1 aliphatic heterocycles. The van der Waals surface area contributed by atoms with E-state index in [0.29, 0.717) is 6.54 Å². The van der Waals surface area contributed by atoms with Gasteiger partial charge in [0.2, 0.25) is 5.91 Å². The average molecular weight is 354 g/mol. The number of nitrogens with zero attached hydrogens (tertiary/aromatic N) is 2. The van der Waals surface area contributed by atoms with Gasteiger partial charge in [0.25, 0.3) is 0 Å². The first-order valence-electron chi connectivity index (χ1n) is 8.94. The van der Waals surface area contributed by atoms with Crippen LogP contribution in [0.5, 0.6) is 0 Å². The Bertz CT molecular complexity index is 730. The molecule has 2 atom stereocenters. The Hall–Kier alpha value is -2.44. The van der Waals surface area contributed by atoms with Crippen LogP contribution in [0.1, 0.15) is 29.7 Å². The Labute approximate surface area is 154 Å². The summed E-state index contributed by atoms with van der Waals surface area (Å²) < 4.78 is 5.55. The zero-order valence-corrected chi connectivity index (χ0v) is 15.3. The van der Waals surface area contributed by atoms with Crippen LogP contribution in [0.15, 0.2) is 42.6 Å². The topological polar surface area (TPSA) is 80.5 Å². The van der Waals surface area contributed by atoms with Crippen LogP contribution in [-0.2, 0) is 16.1 Å². The van der Waals surface area contributed by atoms with Gasteiger partial charge in [0.15, 0.2) is 0 Å². The van der Waals surface area contributed by atoms with Gasteiger partial charge in [0.05, 0.1) is 12.7 Å². The predicted octanol–water partition coefficient (Wildman–Crippen LogP) is 1.93. The largest absolute Gasteiger partial charge is 0.375 e. The third-order valence-corrected chi connectivity index (χ3v) is 4.56. The van der Waals surface area contributed by atoms with E-state index >= 15 is 0 Å². The number of pyridine rings is 1. The van der Waals surface area contributed by atoms with Gasteiger partial charge in [0.1, 0.15) is 11.9 Å². The highest BCUT2D eigenvalue weighted by Crippen LogP contribution is 2.16. The van der Waals surface area contributed by atoms with Crippen molar-refractivity contribution in [3.05, 3.63) is 59.3 Å². The van der Waals surface area contributed by atoms with Gasteiger partial charge in [-0.25, -0.2) is 4.98 Å². The molecule has 0 radical (unpaired) electrons. The fraction of sp³-hybridized carbons (Fsp3) is 0.400. The van der Waals surface area contributed by atoms with Gasteiger partial charge in [0, 0.05) is 25.8 Å². The number of nitrogens with one attached hydrogen (secondary N) is 1. The first-order chi connectivity index (χ1) is 12.5. The molecule has 1 aliphatic rings. The molecule has 2 aromatic rings. The molecule has 1 amide bonds. The van der Waals surface area contributed by atoms with Crippen LogP contribution in [-0.4, -0.2) is 36.7 Å².